The van der Waals surface area contributed by atoms with Gasteiger partial charge in [0.25, 0.3) is 0 Å². The van der Waals surface area contributed by atoms with Crippen LogP contribution in [0, 0.1) is 23.0 Å². The van der Waals surface area contributed by atoms with E-state index in [0.717, 1.165) is 12.8 Å². The van der Waals surface area contributed by atoms with E-state index in [1.165, 1.54) is 12.1 Å². The second-order valence-electron chi connectivity index (χ2n) is 5.93. The van der Waals surface area contributed by atoms with Crippen LogP contribution in [0.2, 0.25) is 0 Å². The third-order valence-corrected chi connectivity index (χ3v) is 3.61. The van der Waals surface area contributed by atoms with Gasteiger partial charge in [-0.15, -0.1) is 0 Å². The Bertz CT molecular complexity index is 415. The van der Waals surface area contributed by atoms with Crippen molar-refractivity contribution in [2.75, 3.05) is 5.32 Å². The molecule has 1 aromatic rings. The first-order chi connectivity index (χ1) is 7.87. The molecular weight excluding hydrogens is 220 g/mol. The maximum atomic E-state index is 13.1. The van der Waals surface area contributed by atoms with Gasteiger partial charge in [0.1, 0.15) is 0 Å². The van der Waals surface area contributed by atoms with Crippen molar-refractivity contribution >= 4 is 5.69 Å². The molecule has 0 saturated heterocycles. The number of rotatable bonds is 2. The summed E-state index contributed by atoms with van der Waals surface area (Å²) in [4.78, 5) is 0. The van der Waals surface area contributed by atoms with E-state index in [2.05, 4.69) is 26.1 Å². The number of anilines is 1. The molecule has 2 rings (SSSR count). The van der Waals surface area contributed by atoms with Gasteiger partial charge in [-0.2, -0.15) is 0 Å². The first-order valence-electron chi connectivity index (χ1n) is 6.09. The Hall–Kier alpha value is -1.12. The fourth-order valence-electron chi connectivity index (χ4n) is 2.89. The predicted octanol–water partition coefficient (Wildman–Crippen LogP) is 4.20. The van der Waals surface area contributed by atoms with E-state index in [9.17, 15) is 8.78 Å². The van der Waals surface area contributed by atoms with Crippen molar-refractivity contribution in [3.63, 3.8) is 0 Å². The molecule has 1 N–H and O–H groups in total. The fourth-order valence-corrected chi connectivity index (χ4v) is 2.89. The molecule has 0 radical (unpaired) electrons. The first-order valence-corrected chi connectivity index (χ1v) is 6.09. The maximum Gasteiger partial charge on any atom is 0.160 e. The molecule has 1 aromatic carbocycles. The zero-order valence-electron chi connectivity index (χ0n) is 10.6. The van der Waals surface area contributed by atoms with Gasteiger partial charge in [-0.3, -0.25) is 0 Å². The van der Waals surface area contributed by atoms with Gasteiger partial charge < -0.3 is 5.32 Å². The summed E-state index contributed by atoms with van der Waals surface area (Å²) in [6, 6.07) is 4.33. The summed E-state index contributed by atoms with van der Waals surface area (Å²) in [5.41, 5.74) is 0.994. The van der Waals surface area contributed by atoms with E-state index in [4.69, 9.17) is 0 Å². The second-order valence-corrected chi connectivity index (χ2v) is 5.93. The van der Waals surface area contributed by atoms with Crippen LogP contribution in [0.25, 0.3) is 0 Å². The molecule has 1 aliphatic rings. The highest BCUT2D eigenvalue weighted by atomic mass is 19.2. The monoisotopic (exact) mass is 239 g/mol. The number of nitrogens with one attached hydrogen (secondary N) is 1. The normalized spacial score (nSPS) is 27.1. The van der Waals surface area contributed by atoms with Crippen LogP contribution in [0.15, 0.2) is 18.2 Å². The van der Waals surface area contributed by atoms with E-state index in [0.29, 0.717) is 23.1 Å². The molecule has 1 fully saturated rings. The second kappa shape index (κ2) is 4.28. The highest BCUT2D eigenvalue weighted by Gasteiger charge is 2.36. The lowest BCUT2D eigenvalue weighted by Crippen LogP contribution is -2.22. The van der Waals surface area contributed by atoms with Crippen molar-refractivity contribution in [3.05, 3.63) is 29.8 Å². The zero-order valence-corrected chi connectivity index (χ0v) is 10.6. The minimum atomic E-state index is -0.796. The van der Waals surface area contributed by atoms with Gasteiger partial charge in [-0.1, -0.05) is 20.8 Å². The number of hydrogen-bond acceptors (Lipinski definition) is 1. The van der Waals surface area contributed by atoms with E-state index < -0.39 is 11.6 Å². The zero-order chi connectivity index (χ0) is 12.6. The summed E-state index contributed by atoms with van der Waals surface area (Å²) in [5.74, 6) is -1.03. The molecule has 2 atom stereocenters. The Morgan fingerprint density at radius 2 is 1.88 bits per heavy atom. The van der Waals surface area contributed by atoms with Gasteiger partial charge in [0.05, 0.1) is 0 Å². The lowest BCUT2D eigenvalue weighted by Gasteiger charge is -2.19. The van der Waals surface area contributed by atoms with E-state index in [-0.39, 0.29) is 0 Å². The van der Waals surface area contributed by atoms with Gasteiger partial charge >= 0.3 is 0 Å². The summed E-state index contributed by atoms with van der Waals surface area (Å²) < 4.78 is 25.9. The summed E-state index contributed by atoms with van der Waals surface area (Å²) >= 11 is 0. The van der Waals surface area contributed by atoms with Crippen molar-refractivity contribution in [1.29, 1.82) is 0 Å². The number of benzene rings is 1. The highest BCUT2D eigenvalue weighted by Crippen LogP contribution is 2.42. The molecule has 1 aliphatic carbocycles. The van der Waals surface area contributed by atoms with Crippen LogP contribution >= 0.6 is 0 Å². The van der Waals surface area contributed by atoms with Crippen LogP contribution in [-0.2, 0) is 0 Å². The molecule has 0 aliphatic heterocycles. The number of halogens is 2. The molecule has 94 valence electrons. The Labute approximate surface area is 101 Å². The minimum absolute atomic E-state index is 0.329. The lowest BCUT2D eigenvalue weighted by atomic mass is 9.91. The third kappa shape index (κ3) is 2.76. The maximum absolute atomic E-state index is 13.1. The van der Waals surface area contributed by atoms with Gasteiger partial charge in [0, 0.05) is 17.8 Å². The predicted molar refractivity (Wildman–Crippen MR) is 65.9 cm³/mol. The minimum Gasteiger partial charge on any atom is -0.382 e. The van der Waals surface area contributed by atoms with E-state index >= 15 is 0 Å². The van der Waals surface area contributed by atoms with Crippen LogP contribution in [0.5, 0.6) is 0 Å². The van der Waals surface area contributed by atoms with Crippen LogP contribution in [0.3, 0.4) is 0 Å². The lowest BCUT2D eigenvalue weighted by molar-refractivity contribution is 0.366. The van der Waals surface area contributed by atoms with Crippen LogP contribution in [0.1, 0.15) is 33.6 Å². The van der Waals surface area contributed by atoms with Crippen LogP contribution in [-0.4, -0.2) is 6.04 Å². The Kier molecular flexibility index (Phi) is 3.11. The Morgan fingerprint density at radius 1 is 1.18 bits per heavy atom. The molecule has 17 heavy (non-hydrogen) atoms. The molecule has 3 heteroatoms. The highest BCUT2D eigenvalue weighted by molar-refractivity contribution is 5.44. The smallest absolute Gasteiger partial charge is 0.160 e. The molecule has 0 bridgehead atoms. The molecular formula is C14H19F2N. The summed E-state index contributed by atoms with van der Waals surface area (Å²) in [5, 5.41) is 3.31. The van der Waals surface area contributed by atoms with Gasteiger partial charge in [0.15, 0.2) is 11.6 Å². The van der Waals surface area contributed by atoms with Crippen molar-refractivity contribution in [1.82, 2.24) is 0 Å². The van der Waals surface area contributed by atoms with Crippen LogP contribution in [0.4, 0.5) is 14.5 Å². The topological polar surface area (TPSA) is 12.0 Å². The van der Waals surface area contributed by atoms with Crippen molar-refractivity contribution in [2.45, 2.75) is 39.7 Å². The average molecular weight is 239 g/mol. The standard InChI is InChI=1S/C14H19F2N/c1-9-7-14(2,3)8-13(9)17-10-4-5-11(15)12(16)6-10/h4-6,9,13,17H,7-8H2,1-3H3. The van der Waals surface area contributed by atoms with Gasteiger partial charge in [-0.05, 0) is 36.3 Å². The Balaban J connectivity index is 2.08. The SMILES string of the molecule is CC1CC(C)(C)CC1Nc1ccc(F)c(F)c1. The molecule has 0 heterocycles. The van der Waals surface area contributed by atoms with Crippen molar-refractivity contribution in [2.24, 2.45) is 11.3 Å². The molecule has 1 nitrogen and oxygen atoms in total. The van der Waals surface area contributed by atoms with Gasteiger partial charge in [-0.25, -0.2) is 8.78 Å². The van der Waals surface area contributed by atoms with Crippen molar-refractivity contribution < 1.29 is 8.78 Å². The average Bonchev–Trinajstić information content (AvgIpc) is 2.46. The van der Waals surface area contributed by atoms with Crippen LogP contribution < -0.4 is 5.32 Å². The van der Waals surface area contributed by atoms with E-state index in [1.54, 1.807) is 6.07 Å². The largest absolute Gasteiger partial charge is 0.382 e. The quantitative estimate of drug-likeness (QED) is 0.815. The van der Waals surface area contributed by atoms with E-state index in [1.807, 2.05) is 0 Å². The number of hydrogen-bond donors (Lipinski definition) is 1. The summed E-state index contributed by atoms with van der Waals surface area (Å²) in [6.07, 6.45) is 2.22. The summed E-state index contributed by atoms with van der Waals surface area (Å²) in [7, 11) is 0. The molecule has 2 unspecified atom stereocenters. The molecule has 0 spiro atoms. The molecule has 0 aromatic heterocycles. The Morgan fingerprint density at radius 3 is 2.41 bits per heavy atom. The summed E-state index contributed by atoms with van der Waals surface area (Å²) in [6.45, 7) is 6.69. The van der Waals surface area contributed by atoms with Gasteiger partial charge in [0.2, 0.25) is 0 Å². The third-order valence-electron chi connectivity index (χ3n) is 3.61. The fraction of sp³-hybridized carbons (Fsp3) is 0.571. The first kappa shape index (κ1) is 12.3. The molecule has 1 saturated carbocycles. The molecule has 0 amide bonds. The van der Waals surface area contributed by atoms with Crippen molar-refractivity contribution in [3.8, 4) is 0 Å².